The van der Waals surface area contributed by atoms with Gasteiger partial charge in [-0.2, -0.15) is 0 Å². The lowest BCUT2D eigenvalue weighted by Gasteiger charge is -2.22. The molecule has 0 heterocycles. The fraction of sp³-hybridized carbons (Fsp3) is 0.300. The summed E-state index contributed by atoms with van der Waals surface area (Å²) in [6.45, 7) is 6.09. The number of hydrogen-bond donors (Lipinski definition) is 1. The number of nitrogens with one attached hydrogen (secondary N) is 1. The lowest BCUT2D eigenvalue weighted by Crippen LogP contribution is -2.36. The molecule has 0 aliphatic heterocycles. The van der Waals surface area contributed by atoms with Crippen LogP contribution in [0.3, 0.4) is 0 Å². The van der Waals surface area contributed by atoms with Crippen LogP contribution < -0.4 is 5.32 Å². The maximum atomic E-state index is 3.93. The Bertz CT molecular complexity index is 522. The van der Waals surface area contributed by atoms with E-state index in [4.69, 9.17) is 0 Å². The highest BCUT2D eigenvalue weighted by molar-refractivity contribution is 5.75. The Hall–Kier alpha value is -1.86. The van der Waals surface area contributed by atoms with E-state index in [9.17, 15) is 0 Å². The van der Waals surface area contributed by atoms with Crippen molar-refractivity contribution in [2.24, 2.45) is 0 Å². The van der Waals surface area contributed by atoms with Gasteiger partial charge >= 0.3 is 0 Å². The predicted molar refractivity (Wildman–Crippen MR) is 93.1 cm³/mol. The molecule has 1 N–H and O–H groups in total. The van der Waals surface area contributed by atoms with Gasteiger partial charge in [0.05, 0.1) is 0 Å². The molecule has 0 spiro atoms. The lowest BCUT2D eigenvalue weighted by molar-refractivity contribution is 0.533. The molecule has 1 heteroatoms. The van der Waals surface area contributed by atoms with Crippen LogP contribution in [-0.4, -0.2) is 12.1 Å². The third-order valence-electron chi connectivity index (χ3n) is 3.71. The summed E-state index contributed by atoms with van der Waals surface area (Å²) in [6, 6.07) is 11.3. The van der Waals surface area contributed by atoms with Gasteiger partial charge < -0.3 is 5.32 Å². The Kier molecular flexibility index (Phi) is 6.23. The van der Waals surface area contributed by atoms with Crippen LogP contribution in [0.15, 0.2) is 73.4 Å². The molecule has 2 unspecified atom stereocenters. The zero-order chi connectivity index (χ0) is 14.9. The quantitative estimate of drug-likeness (QED) is 0.700. The topological polar surface area (TPSA) is 12.0 Å². The van der Waals surface area contributed by atoms with Crippen molar-refractivity contribution in [3.8, 4) is 0 Å². The van der Waals surface area contributed by atoms with Gasteiger partial charge in [0.1, 0.15) is 0 Å². The van der Waals surface area contributed by atoms with Crippen LogP contribution in [0.2, 0.25) is 0 Å². The van der Waals surface area contributed by atoms with Crippen molar-refractivity contribution in [3.05, 3.63) is 78.9 Å². The molecular weight excluding hydrogens is 254 g/mol. The third kappa shape index (κ3) is 4.87. The number of rotatable bonds is 7. The fourth-order valence-corrected chi connectivity index (χ4v) is 2.51. The number of hydrogen-bond acceptors (Lipinski definition) is 1. The average Bonchev–Trinajstić information content (AvgIpc) is 2.55. The number of benzene rings is 1. The van der Waals surface area contributed by atoms with E-state index in [0.29, 0.717) is 12.1 Å². The maximum Gasteiger partial charge on any atom is 0.0293 e. The van der Waals surface area contributed by atoms with E-state index in [-0.39, 0.29) is 0 Å². The summed E-state index contributed by atoms with van der Waals surface area (Å²) in [5.74, 6) is 0. The van der Waals surface area contributed by atoms with Gasteiger partial charge in [-0.25, -0.2) is 0 Å². The lowest BCUT2D eigenvalue weighted by atomic mass is 9.96. The van der Waals surface area contributed by atoms with Gasteiger partial charge in [-0.05, 0) is 30.4 Å². The van der Waals surface area contributed by atoms with E-state index in [2.05, 4.69) is 79.5 Å². The molecule has 1 nitrogen and oxygen atoms in total. The first-order chi connectivity index (χ1) is 10.3. The predicted octanol–water partition coefficient (Wildman–Crippen LogP) is 4.90. The standard InChI is InChI=1S/C20H25N/c1-3-5-7-12-19(4-2)21-20-15-13-18(14-16-20)17-10-8-6-9-11-17/h4-11,13-15,19-21H,2-3,12,16H2,1H3/b7-5-. The summed E-state index contributed by atoms with van der Waals surface area (Å²) < 4.78 is 0. The second kappa shape index (κ2) is 8.43. The summed E-state index contributed by atoms with van der Waals surface area (Å²) in [6.07, 6.45) is 16.4. The molecule has 0 bridgehead atoms. The Morgan fingerprint density at radius 3 is 2.71 bits per heavy atom. The molecule has 0 amide bonds. The second-order valence-electron chi connectivity index (χ2n) is 5.35. The van der Waals surface area contributed by atoms with Crippen molar-refractivity contribution in [2.45, 2.75) is 38.3 Å². The molecule has 0 fully saturated rings. The summed E-state index contributed by atoms with van der Waals surface area (Å²) in [4.78, 5) is 0. The molecule has 0 saturated heterocycles. The molecule has 1 aromatic rings. The van der Waals surface area contributed by atoms with Crippen LogP contribution in [0, 0.1) is 0 Å². The van der Waals surface area contributed by atoms with Crippen molar-refractivity contribution >= 4 is 5.57 Å². The van der Waals surface area contributed by atoms with Gasteiger partial charge in [-0.15, -0.1) is 6.58 Å². The molecule has 1 aromatic carbocycles. The summed E-state index contributed by atoms with van der Waals surface area (Å²) in [5.41, 5.74) is 2.60. The molecular formula is C20H25N. The molecule has 2 rings (SSSR count). The fourth-order valence-electron chi connectivity index (χ4n) is 2.51. The molecule has 0 saturated carbocycles. The first kappa shape index (κ1) is 15.5. The van der Waals surface area contributed by atoms with E-state index in [1.54, 1.807) is 0 Å². The number of allylic oxidation sites excluding steroid dienone is 3. The van der Waals surface area contributed by atoms with E-state index in [1.807, 2.05) is 6.08 Å². The van der Waals surface area contributed by atoms with Crippen LogP contribution in [0.5, 0.6) is 0 Å². The van der Waals surface area contributed by atoms with Crippen molar-refractivity contribution in [3.63, 3.8) is 0 Å². The zero-order valence-electron chi connectivity index (χ0n) is 12.8. The minimum atomic E-state index is 0.342. The first-order valence-electron chi connectivity index (χ1n) is 7.81. The van der Waals surface area contributed by atoms with Gasteiger partial charge in [0, 0.05) is 12.1 Å². The van der Waals surface area contributed by atoms with Gasteiger partial charge in [0.15, 0.2) is 0 Å². The zero-order valence-corrected chi connectivity index (χ0v) is 12.8. The van der Waals surface area contributed by atoms with Gasteiger partial charge in [0.2, 0.25) is 0 Å². The molecule has 1 aliphatic carbocycles. The molecule has 2 atom stereocenters. The van der Waals surface area contributed by atoms with E-state index in [0.717, 1.165) is 19.3 Å². The van der Waals surface area contributed by atoms with E-state index >= 15 is 0 Å². The first-order valence-corrected chi connectivity index (χ1v) is 7.81. The van der Waals surface area contributed by atoms with E-state index < -0.39 is 0 Å². The largest absolute Gasteiger partial charge is 0.304 e. The molecule has 0 radical (unpaired) electrons. The molecule has 21 heavy (non-hydrogen) atoms. The van der Waals surface area contributed by atoms with Crippen molar-refractivity contribution in [1.82, 2.24) is 5.32 Å². The van der Waals surface area contributed by atoms with Gasteiger partial charge in [0.25, 0.3) is 0 Å². The van der Waals surface area contributed by atoms with Crippen LogP contribution in [0.1, 0.15) is 31.7 Å². The van der Waals surface area contributed by atoms with Crippen molar-refractivity contribution in [2.75, 3.05) is 0 Å². The summed E-state index contributed by atoms with van der Waals surface area (Å²) in [7, 11) is 0. The Labute approximate surface area is 128 Å². The minimum absolute atomic E-state index is 0.342. The van der Waals surface area contributed by atoms with Crippen molar-refractivity contribution in [1.29, 1.82) is 0 Å². The normalized spacial score (nSPS) is 19.5. The highest BCUT2D eigenvalue weighted by Crippen LogP contribution is 2.21. The molecule has 110 valence electrons. The van der Waals surface area contributed by atoms with Gasteiger partial charge in [-0.3, -0.25) is 0 Å². The Morgan fingerprint density at radius 1 is 1.29 bits per heavy atom. The average molecular weight is 279 g/mol. The molecule has 0 aromatic heterocycles. The highest BCUT2D eigenvalue weighted by atomic mass is 14.9. The Morgan fingerprint density at radius 2 is 2.10 bits per heavy atom. The van der Waals surface area contributed by atoms with Gasteiger partial charge in [-0.1, -0.05) is 73.7 Å². The maximum absolute atomic E-state index is 3.93. The van der Waals surface area contributed by atoms with Crippen molar-refractivity contribution < 1.29 is 0 Å². The molecule has 1 aliphatic rings. The monoisotopic (exact) mass is 279 g/mol. The van der Waals surface area contributed by atoms with Crippen LogP contribution >= 0.6 is 0 Å². The Balaban J connectivity index is 1.89. The second-order valence-corrected chi connectivity index (χ2v) is 5.35. The van der Waals surface area contributed by atoms with E-state index in [1.165, 1.54) is 11.1 Å². The third-order valence-corrected chi connectivity index (χ3v) is 3.71. The minimum Gasteiger partial charge on any atom is -0.304 e. The smallest absolute Gasteiger partial charge is 0.0293 e. The summed E-state index contributed by atoms with van der Waals surface area (Å²) >= 11 is 0. The van der Waals surface area contributed by atoms with Crippen LogP contribution in [0.4, 0.5) is 0 Å². The highest BCUT2D eigenvalue weighted by Gasteiger charge is 2.12. The summed E-state index contributed by atoms with van der Waals surface area (Å²) in [5, 5.41) is 3.64. The van der Waals surface area contributed by atoms with Crippen LogP contribution in [0.25, 0.3) is 5.57 Å². The van der Waals surface area contributed by atoms with Crippen LogP contribution in [-0.2, 0) is 0 Å². The SMILES string of the molecule is C=CC(C/C=C\CC)NC1C=CC(c2ccccc2)=CC1.